The van der Waals surface area contributed by atoms with E-state index in [1.807, 2.05) is 30.3 Å². The van der Waals surface area contributed by atoms with Crippen LogP contribution in [0.1, 0.15) is 11.6 Å². The molecule has 154 valence electrons. The largest absolute Gasteiger partial charge is 0.360 e. The molecule has 0 aliphatic carbocycles. The normalized spacial score (nSPS) is 15.6. The lowest BCUT2D eigenvalue weighted by molar-refractivity contribution is -0.922. The van der Waals surface area contributed by atoms with Crippen LogP contribution in [0.3, 0.4) is 0 Å². The van der Waals surface area contributed by atoms with Gasteiger partial charge >= 0.3 is 0 Å². The molecule has 1 heterocycles. The Morgan fingerprint density at radius 1 is 0.833 bits per heavy atom. The summed E-state index contributed by atoms with van der Waals surface area (Å²) in [7, 11) is 0. The van der Waals surface area contributed by atoms with Crippen molar-refractivity contribution < 1.29 is 18.5 Å². The summed E-state index contributed by atoms with van der Waals surface area (Å²) in [6.07, 6.45) is 0. The average molecular weight is 408 g/mol. The van der Waals surface area contributed by atoms with Gasteiger partial charge in [0.05, 0.1) is 26.2 Å². The number of amides is 1. The summed E-state index contributed by atoms with van der Waals surface area (Å²) >= 11 is 0. The van der Waals surface area contributed by atoms with E-state index in [2.05, 4.69) is 10.2 Å². The van der Waals surface area contributed by atoms with E-state index in [4.69, 9.17) is 0 Å². The molecule has 0 saturated carbocycles. The van der Waals surface area contributed by atoms with Crippen LogP contribution >= 0.6 is 0 Å². The maximum absolute atomic E-state index is 13.2. The van der Waals surface area contributed by atoms with Crippen LogP contribution in [-0.2, 0) is 4.79 Å². The molecule has 0 spiro atoms. The van der Waals surface area contributed by atoms with E-state index in [-0.39, 0.29) is 23.6 Å². The monoisotopic (exact) mass is 408 g/mol. The summed E-state index contributed by atoms with van der Waals surface area (Å²) in [4.78, 5) is 16.6. The van der Waals surface area contributed by atoms with Crippen molar-refractivity contribution in [3.8, 4) is 0 Å². The zero-order chi connectivity index (χ0) is 20.9. The Hall–Kier alpha value is -3.25. The maximum atomic E-state index is 13.2. The van der Waals surface area contributed by atoms with E-state index in [0.29, 0.717) is 5.69 Å². The Kier molecular flexibility index (Phi) is 6.05. The number of benzene rings is 3. The molecule has 1 fully saturated rings. The zero-order valence-electron chi connectivity index (χ0n) is 16.5. The van der Waals surface area contributed by atoms with Crippen LogP contribution < -0.4 is 15.1 Å². The number of anilines is 2. The molecule has 0 bridgehead atoms. The van der Waals surface area contributed by atoms with E-state index in [1.54, 1.807) is 24.3 Å². The van der Waals surface area contributed by atoms with Gasteiger partial charge < -0.3 is 15.1 Å². The number of carbonyl (C=O) groups excluding carboxylic acids is 1. The van der Waals surface area contributed by atoms with Gasteiger partial charge in [-0.2, -0.15) is 0 Å². The SMILES string of the molecule is O=C(Nc1ccc(F)cc1)[C@H](c1ccccc1)[NH+]1CCN(c2ccc(F)cc2)CC1. The van der Waals surface area contributed by atoms with Crippen molar-refractivity contribution in [3.05, 3.63) is 96.1 Å². The van der Waals surface area contributed by atoms with Crippen LogP contribution in [0.4, 0.5) is 20.2 Å². The van der Waals surface area contributed by atoms with E-state index >= 15 is 0 Å². The second-order valence-electron chi connectivity index (χ2n) is 7.46. The van der Waals surface area contributed by atoms with Gasteiger partial charge in [-0.05, 0) is 48.5 Å². The van der Waals surface area contributed by atoms with Crippen molar-refractivity contribution in [1.82, 2.24) is 0 Å². The number of nitrogens with zero attached hydrogens (tertiary/aromatic N) is 1. The molecule has 3 aromatic carbocycles. The second-order valence-corrected chi connectivity index (χ2v) is 7.46. The summed E-state index contributed by atoms with van der Waals surface area (Å²) in [6, 6.07) is 21.7. The minimum absolute atomic E-state index is 0.113. The topological polar surface area (TPSA) is 36.8 Å². The molecule has 0 aromatic heterocycles. The Bertz CT molecular complexity index is 970. The molecule has 0 unspecified atom stereocenters. The quantitative estimate of drug-likeness (QED) is 0.681. The number of nitrogens with one attached hydrogen (secondary N) is 2. The highest BCUT2D eigenvalue weighted by Gasteiger charge is 2.34. The average Bonchev–Trinajstić information content (AvgIpc) is 2.77. The van der Waals surface area contributed by atoms with E-state index in [9.17, 15) is 13.6 Å². The molecule has 1 saturated heterocycles. The van der Waals surface area contributed by atoms with Crippen LogP contribution in [0, 0.1) is 11.6 Å². The first kappa shape index (κ1) is 20.0. The van der Waals surface area contributed by atoms with Crippen molar-refractivity contribution in [3.63, 3.8) is 0 Å². The van der Waals surface area contributed by atoms with Crippen LogP contribution in [0.25, 0.3) is 0 Å². The van der Waals surface area contributed by atoms with Crippen molar-refractivity contribution in [2.24, 2.45) is 0 Å². The van der Waals surface area contributed by atoms with E-state index < -0.39 is 0 Å². The Labute approximate surface area is 174 Å². The molecule has 4 nitrogen and oxygen atoms in total. The molecule has 6 heteroatoms. The predicted octanol–water partition coefficient (Wildman–Crippen LogP) is 3.05. The molecular formula is C24H24F2N3O+. The van der Waals surface area contributed by atoms with Gasteiger partial charge in [0.2, 0.25) is 0 Å². The number of hydrogen-bond acceptors (Lipinski definition) is 2. The van der Waals surface area contributed by atoms with Crippen molar-refractivity contribution in [2.45, 2.75) is 6.04 Å². The standard InChI is InChI=1S/C24H23F2N3O/c25-19-6-10-21(11-7-19)27-24(30)23(18-4-2-1-3-5-18)29-16-14-28(15-17-29)22-12-8-20(26)9-13-22/h1-13,23H,14-17H2,(H,27,30)/p+1/t23-/m0/s1. The van der Waals surface area contributed by atoms with Gasteiger partial charge in [-0.25, -0.2) is 8.78 Å². The maximum Gasteiger partial charge on any atom is 0.287 e. The number of piperazine rings is 1. The van der Waals surface area contributed by atoms with Crippen LogP contribution in [0.2, 0.25) is 0 Å². The fourth-order valence-corrected chi connectivity index (χ4v) is 3.96. The van der Waals surface area contributed by atoms with E-state index in [0.717, 1.165) is 37.4 Å². The summed E-state index contributed by atoms with van der Waals surface area (Å²) in [5.41, 5.74) is 2.51. The first-order chi connectivity index (χ1) is 14.6. The molecule has 1 amide bonds. The molecule has 30 heavy (non-hydrogen) atoms. The number of halogens is 2. The lowest BCUT2D eigenvalue weighted by atomic mass is 10.0. The molecule has 1 atom stereocenters. The highest BCUT2D eigenvalue weighted by molar-refractivity contribution is 5.94. The third-order valence-electron chi connectivity index (χ3n) is 5.51. The van der Waals surface area contributed by atoms with E-state index in [1.165, 1.54) is 29.2 Å². The van der Waals surface area contributed by atoms with Gasteiger partial charge in [0.1, 0.15) is 11.6 Å². The lowest BCUT2D eigenvalue weighted by Crippen LogP contribution is -3.16. The smallest absolute Gasteiger partial charge is 0.287 e. The van der Waals surface area contributed by atoms with Gasteiger partial charge in [0.15, 0.2) is 6.04 Å². The summed E-state index contributed by atoms with van der Waals surface area (Å²) in [5.74, 6) is -0.696. The minimum atomic E-state index is -0.369. The van der Waals surface area contributed by atoms with Gasteiger partial charge in [0, 0.05) is 16.9 Å². The Morgan fingerprint density at radius 3 is 2.00 bits per heavy atom. The first-order valence-corrected chi connectivity index (χ1v) is 10.1. The first-order valence-electron chi connectivity index (χ1n) is 10.1. The highest BCUT2D eigenvalue weighted by Crippen LogP contribution is 2.17. The van der Waals surface area contributed by atoms with Crippen LogP contribution in [0.5, 0.6) is 0 Å². The molecular weight excluding hydrogens is 384 g/mol. The van der Waals surface area contributed by atoms with Gasteiger partial charge in [-0.1, -0.05) is 30.3 Å². The van der Waals surface area contributed by atoms with Gasteiger partial charge in [0.25, 0.3) is 5.91 Å². The summed E-state index contributed by atoms with van der Waals surface area (Å²) in [6.45, 7) is 3.09. The number of quaternary nitrogens is 1. The molecule has 4 rings (SSSR count). The molecule has 3 aromatic rings. The molecule has 0 radical (unpaired) electrons. The van der Waals surface area contributed by atoms with Crippen molar-refractivity contribution in [1.29, 1.82) is 0 Å². The molecule has 2 N–H and O–H groups in total. The third kappa shape index (κ3) is 4.66. The number of carbonyl (C=O) groups is 1. The summed E-state index contributed by atoms with van der Waals surface area (Å²) in [5, 5.41) is 2.93. The predicted molar refractivity (Wildman–Crippen MR) is 114 cm³/mol. The molecule has 1 aliphatic rings. The highest BCUT2D eigenvalue weighted by atomic mass is 19.1. The molecule has 1 aliphatic heterocycles. The Morgan fingerprint density at radius 2 is 1.40 bits per heavy atom. The van der Waals surface area contributed by atoms with Crippen LogP contribution in [-0.4, -0.2) is 32.1 Å². The zero-order valence-corrected chi connectivity index (χ0v) is 16.5. The lowest BCUT2D eigenvalue weighted by Gasteiger charge is -2.37. The number of hydrogen-bond donors (Lipinski definition) is 2. The second kappa shape index (κ2) is 9.05. The fourth-order valence-electron chi connectivity index (χ4n) is 3.96. The van der Waals surface area contributed by atoms with Crippen LogP contribution in [0.15, 0.2) is 78.9 Å². The third-order valence-corrected chi connectivity index (χ3v) is 5.51. The minimum Gasteiger partial charge on any atom is -0.360 e. The van der Waals surface area contributed by atoms with Gasteiger partial charge in [-0.3, -0.25) is 4.79 Å². The van der Waals surface area contributed by atoms with Crippen molar-refractivity contribution in [2.75, 3.05) is 36.4 Å². The van der Waals surface area contributed by atoms with Crippen molar-refractivity contribution >= 4 is 17.3 Å². The summed E-state index contributed by atoms with van der Waals surface area (Å²) < 4.78 is 26.4. The van der Waals surface area contributed by atoms with Gasteiger partial charge in [-0.15, -0.1) is 0 Å². The Balaban J connectivity index is 1.50. The number of rotatable bonds is 5. The fraction of sp³-hybridized carbons (Fsp3) is 0.208.